The van der Waals surface area contributed by atoms with Crippen molar-refractivity contribution in [3.05, 3.63) is 51.1 Å². The number of aliphatic hydroxyl groups is 1. The Kier molecular flexibility index (Phi) is 6.16. The van der Waals surface area contributed by atoms with E-state index in [4.69, 9.17) is 5.11 Å². The van der Waals surface area contributed by atoms with Gasteiger partial charge in [0.25, 0.3) is 11.8 Å². The molecule has 2 N–H and O–H groups in total. The van der Waals surface area contributed by atoms with E-state index < -0.39 is 18.7 Å². The molecule has 1 aliphatic rings. The van der Waals surface area contributed by atoms with Crippen molar-refractivity contribution in [3.8, 4) is 0 Å². The third-order valence-corrected chi connectivity index (χ3v) is 6.50. The summed E-state index contributed by atoms with van der Waals surface area (Å²) in [7, 11) is 0. The van der Waals surface area contributed by atoms with Gasteiger partial charge in [-0.05, 0) is 42.1 Å². The third kappa shape index (κ3) is 4.40. The van der Waals surface area contributed by atoms with Crippen LogP contribution in [-0.2, 0) is 13.1 Å². The van der Waals surface area contributed by atoms with Crippen molar-refractivity contribution >= 4 is 49.2 Å². The molecule has 158 valence electrons. The number of alkyl halides is 1. The Labute approximate surface area is 184 Å². The van der Waals surface area contributed by atoms with Crippen molar-refractivity contribution in [2.24, 2.45) is 0 Å². The van der Waals surface area contributed by atoms with Gasteiger partial charge in [-0.2, -0.15) is 5.10 Å². The Hall–Kier alpha value is -2.30. The average molecular weight is 495 g/mol. The molecule has 1 atom stereocenters. The van der Waals surface area contributed by atoms with Gasteiger partial charge in [-0.25, -0.2) is 4.39 Å². The number of rotatable bonds is 5. The van der Waals surface area contributed by atoms with Crippen LogP contribution in [0.15, 0.2) is 34.8 Å². The molecule has 0 bridgehead atoms. The molecule has 1 aromatic carbocycles. The fraction of sp³-hybridized carbons (Fsp3) is 0.350. The first-order valence-electron chi connectivity index (χ1n) is 9.53. The highest BCUT2D eigenvalue weighted by Gasteiger charge is 2.24. The lowest BCUT2D eigenvalue weighted by Crippen LogP contribution is -2.32. The van der Waals surface area contributed by atoms with Gasteiger partial charge in [-0.3, -0.25) is 14.3 Å². The fourth-order valence-electron chi connectivity index (χ4n) is 3.38. The van der Waals surface area contributed by atoms with Gasteiger partial charge in [-0.15, -0.1) is 11.3 Å². The van der Waals surface area contributed by atoms with E-state index in [0.717, 1.165) is 26.7 Å². The summed E-state index contributed by atoms with van der Waals surface area (Å²) in [6.07, 6.45) is -0.793. The molecule has 30 heavy (non-hydrogen) atoms. The maximum Gasteiger partial charge on any atom is 0.271 e. The monoisotopic (exact) mass is 494 g/mol. The van der Waals surface area contributed by atoms with Crippen LogP contribution in [0.1, 0.15) is 32.3 Å². The molecule has 0 spiro atoms. The molecule has 3 heterocycles. The largest absolute Gasteiger partial charge is 0.393 e. The number of halogens is 2. The molecule has 0 radical (unpaired) electrons. The molecule has 0 saturated carbocycles. The molecule has 0 fully saturated rings. The number of amides is 2. The van der Waals surface area contributed by atoms with E-state index in [1.165, 1.54) is 11.3 Å². The number of nitrogens with zero attached hydrogens (tertiary/aromatic N) is 3. The first-order chi connectivity index (χ1) is 14.4. The van der Waals surface area contributed by atoms with Gasteiger partial charge in [-0.1, -0.05) is 15.9 Å². The van der Waals surface area contributed by atoms with Crippen LogP contribution in [-0.4, -0.2) is 57.5 Å². The lowest BCUT2D eigenvalue weighted by Gasteiger charge is -2.19. The number of hydrogen-bond acceptors (Lipinski definition) is 5. The van der Waals surface area contributed by atoms with Crippen molar-refractivity contribution in [1.82, 2.24) is 20.0 Å². The van der Waals surface area contributed by atoms with E-state index in [0.29, 0.717) is 24.5 Å². The topological polar surface area (TPSA) is 87.5 Å². The molecule has 7 nitrogen and oxygen atoms in total. The lowest BCUT2D eigenvalue weighted by atomic mass is 10.2. The summed E-state index contributed by atoms with van der Waals surface area (Å²) in [6, 6.07) is 9.47. The van der Waals surface area contributed by atoms with Crippen molar-refractivity contribution in [1.29, 1.82) is 0 Å². The summed E-state index contributed by atoms with van der Waals surface area (Å²) in [5.74, 6) is -0.546. The first kappa shape index (κ1) is 21.0. The van der Waals surface area contributed by atoms with E-state index in [1.54, 1.807) is 15.6 Å². The minimum Gasteiger partial charge on any atom is -0.393 e. The number of carbonyl (C=O) groups is 2. The molecule has 2 amide bonds. The van der Waals surface area contributed by atoms with E-state index in [9.17, 15) is 14.0 Å². The van der Waals surface area contributed by atoms with Crippen LogP contribution < -0.4 is 5.32 Å². The number of carbonyl (C=O) groups excluding carboxylic acids is 2. The number of benzene rings is 1. The van der Waals surface area contributed by atoms with Crippen molar-refractivity contribution in [3.63, 3.8) is 0 Å². The lowest BCUT2D eigenvalue weighted by molar-refractivity contribution is 0.0750. The van der Waals surface area contributed by atoms with E-state index in [1.807, 2.05) is 24.3 Å². The zero-order chi connectivity index (χ0) is 21.3. The number of aromatic nitrogens is 2. The molecular formula is C20H20BrFN4O3S. The van der Waals surface area contributed by atoms with Crippen molar-refractivity contribution < 1.29 is 19.1 Å². The molecule has 3 aromatic rings. The predicted octanol–water partition coefficient (Wildman–Crippen LogP) is 2.97. The van der Waals surface area contributed by atoms with E-state index >= 15 is 0 Å². The van der Waals surface area contributed by atoms with Crippen molar-refractivity contribution in [2.75, 3.05) is 19.7 Å². The van der Waals surface area contributed by atoms with Crippen molar-refractivity contribution in [2.45, 2.75) is 25.7 Å². The molecule has 2 aromatic heterocycles. The number of thiophene rings is 1. The molecule has 0 aliphatic carbocycles. The Bertz CT molecular complexity index is 1100. The summed E-state index contributed by atoms with van der Waals surface area (Å²) in [5.41, 5.74) is 0.935. The summed E-state index contributed by atoms with van der Waals surface area (Å²) in [6.45, 7) is 0.616. The smallest absolute Gasteiger partial charge is 0.271 e. The number of aryl methyl sites for hydroxylation is 1. The Balaban J connectivity index is 1.50. The number of fused-ring (bicyclic) bond motifs is 2. The Morgan fingerprint density at radius 2 is 2.13 bits per heavy atom. The normalized spacial score (nSPS) is 15.0. The number of nitrogens with one attached hydrogen (secondary N) is 1. The van der Waals surface area contributed by atoms with Crippen LogP contribution >= 0.6 is 27.3 Å². The first-order valence-corrected chi connectivity index (χ1v) is 11.1. The van der Waals surface area contributed by atoms with Gasteiger partial charge in [0.15, 0.2) is 5.69 Å². The second kappa shape index (κ2) is 8.83. The SMILES string of the molecule is O=C(NCC(F)CO)c1cc2n(n1)CCCN(C(=O)c1cc3cc(Br)ccc3s1)C2. The molecule has 4 rings (SSSR count). The van der Waals surface area contributed by atoms with Gasteiger partial charge in [0.1, 0.15) is 6.17 Å². The standard InChI is InChI=1S/C20H20BrFN4O3S/c21-13-2-3-17-12(6-13)7-18(30-17)20(29)25-4-1-5-26-15(10-25)8-16(24-26)19(28)23-9-14(22)11-27/h2-3,6-8,14,27H,1,4-5,9-11H2,(H,23,28). The molecule has 1 unspecified atom stereocenters. The van der Waals surface area contributed by atoms with Crippen LogP contribution in [0.25, 0.3) is 10.1 Å². The van der Waals surface area contributed by atoms with E-state index in [-0.39, 0.29) is 18.1 Å². The van der Waals surface area contributed by atoms with Crippen LogP contribution in [0.3, 0.4) is 0 Å². The van der Waals surface area contributed by atoms with Crippen LogP contribution in [0.2, 0.25) is 0 Å². The highest BCUT2D eigenvalue weighted by atomic mass is 79.9. The second-order valence-electron chi connectivity index (χ2n) is 7.11. The third-order valence-electron chi connectivity index (χ3n) is 4.91. The zero-order valence-corrected chi connectivity index (χ0v) is 18.4. The number of aliphatic hydroxyl groups excluding tert-OH is 1. The molecule has 0 saturated heterocycles. The van der Waals surface area contributed by atoms with Gasteiger partial charge in [0.05, 0.1) is 30.3 Å². The summed E-state index contributed by atoms with van der Waals surface area (Å²) in [5, 5.41) is 16.5. The fourth-order valence-corrected chi connectivity index (χ4v) is 4.77. The van der Waals surface area contributed by atoms with Crippen LogP contribution in [0.4, 0.5) is 4.39 Å². The van der Waals surface area contributed by atoms with Gasteiger partial charge in [0, 0.05) is 22.3 Å². The highest BCUT2D eigenvalue weighted by Crippen LogP contribution is 2.29. The maximum absolute atomic E-state index is 13.2. The minimum atomic E-state index is -1.51. The van der Waals surface area contributed by atoms with Gasteiger partial charge in [0.2, 0.25) is 0 Å². The molecule has 10 heteroatoms. The van der Waals surface area contributed by atoms with Gasteiger partial charge >= 0.3 is 0 Å². The average Bonchev–Trinajstić information content (AvgIpc) is 3.29. The summed E-state index contributed by atoms with van der Waals surface area (Å²) in [4.78, 5) is 27.8. The predicted molar refractivity (Wildman–Crippen MR) is 115 cm³/mol. The second-order valence-corrected chi connectivity index (χ2v) is 9.11. The van der Waals surface area contributed by atoms with E-state index in [2.05, 4.69) is 26.3 Å². The highest BCUT2D eigenvalue weighted by molar-refractivity contribution is 9.10. The molecular weight excluding hydrogens is 475 g/mol. The number of hydrogen-bond donors (Lipinski definition) is 2. The van der Waals surface area contributed by atoms with Crippen LogP contribution in [0, 0.1) is 0 Å². The minimum absolute atomic E-state index is 0.0452. The Morgan fingerprint density at radius 1 is 1.30 bits per heavy atom. The Morgan fingerprint density at radius 3 is 2.93 bits per heavy atom. The maximum atomic E-state index is 13.2. The molecule has 1 aliphatic heterocycles. The summed E-state index contributed by atoms with van der Waals surface area (Å²) >= 11 is 4.92. The zero-order valence-electron chi connectivity index (χ0n) is 16.0. The quantitative estimate of drug-likeness (QED) is 0.570. The van der Waals surface area contributed by atoms with Gasteiger partial charge < -0.3 is 15.3 Å². The summed E-state index contributed by atoms with van der Waals surface area (Å²) < 4.78 is 16.9. The van der Waals surface area contributed by atoms with Crippen LogP contribution in [0.5, 0.6) is 0 Å².